The first-order valence-electron chi connectivity index (χ1n) is 5.20. The molecule has 1 N–H and O–H groups in total. The topological polar surface area (TPSA) is 55.8 Å². The monoisotopic (exact) mass is 276 g/mol. The van der Waals surface area contributed by atoms with Gasteiger partial charge in [0.2, 0.25) is 0 Å². The fraction of sp³-hybridized carbons (Fsp3) is 0.250. The normalized spacial score (nSPS) is 11.6. The minimum Gasteiger partial charge on any atom is -0.486 e. The standard InChI is InChI=1S/C12H11F3O4/c1-2-3-6-18-9-5-4-8(11(16)17)7-10(9)19-12(13,14)15/h2-5,7H,6H2,1H3,(H,16,17)/b3-2+. The first-order chi connectivity index (χ1) is 8.83. The number of hydrogen-bond acceptors (Lipinski definition) is 3. The van der Waals surface area contributed by atoms with Gasteiger partial charge in [-0.05, 0) is 25.1 Å². The predicted molar refractivity (Wildman–Crippen MR) is 60.4 cm³/mol. The Balaban J connectivity index is 3.03. The smallest absolute Gasteiger partial charge is 0.486 e. The van der Waals surface area contributed by atoms with E-state index in [4.69, 9.17) is 9.84 Å². The van der Waals surface area contributed by atoms with Gasteiger partial charge >= 0.3 is 12.3 Å². The molecule has 4 nitrogen and oxygen atoms in total. The van der Waals surface area contributed by atoms with Crippen LogP contribution in [0.1, 0.15) is 17.3 Å². The number of ether oxygens (including phenoxy) is 2. The van der Waals surface area contributed by atoms with Crippen molar-refractivity contribution >= 4 is 5.97 Å². The van der Waals surface area contributed by atoms with Gasteiger partial charge in [0, 0.05) is 0 Å². The predicted octanol–water partition coefficient (Wildman–Crippen LogP) is 3.24. The molecule has 0 atom stereocenters. The molecule has 1 aromatic carbocycles. The zero-order chi connectivity index (χ0) is 14.5. The molecule has 1 rings (SSSR count). The second kappa shape index (κ2) is 6.12. The van der Waals surface area contributed by atoms with E-state index in [1.165, 1.54) is 0 Å². The number of carboxylic acids is 1. The molecule has 0 heterocycles. The minimum absolute atomic E-state index is 0.0527. The highest BCUT2D eigenvalue weighted by atomic mass is 19.4. The van der Waals surface area contributed by atoms with E-state index in [1.807, 2.05) is 0 Å². The van der Waals surface area contributed by atoms with E-state index in [0.29, 0.717) is 0 Å². The van der Waals surface area contributed by atoms with Crippen LogP contribution in [-0.2, 0) is 0 Å². The number of aromatic carboxylic acids is 1. The molecule has 0 saturated carbocycles. The molecule has 0 unspecified atom stereocenters. The van der Waals surface area contributed by atoms with Gasteiger partial charge in [-0.25, -0.2) is 4.79 Å². The van der Waals surface area contributed by atoms with Crippen molar-refractivity contribution in [3.8, 4) is 11.5 Å². The summed E-state index contributed by atoms with van der Waals surface area (Å²) in [6.45, 7) is 1.78. The molecule has 0 amide bonds. The van der Waals surface area contributed by atoms with Crippen molar-refractivity contribution in [2.24, 2.45) is 0 Å². The molecule has 0 aromatic heterocycles. The van der Waals surface area contributed by atoms with Gasteiger partial charge in [0.05, 0.1) is 5.56 Å². The van der Waals surface area contributed by atoms with Crippen LogP contribution in [0.25, 0.3) is 0 Å². The van der Waals surface area contributed by atoms with Crippen molar-refractivity contribution in [1.29, 1.82) is 0 Å². The van der Waals surface area contributed by atoms with Crippen molar-refractivity contribution in [2.75, 3.05) is 6.61 Å². The molecule has 104 valence electrons. The fourth-order valence-corrected chi connectivity index (χ4v) is 1.20. The Hall–Kier alpha value is -2.18. The maximum absolute atomic E-state index is 12.2. The molecular weight excluding hydrogens is 265 g/mol. The second-order valence-electron chi connectivity index (χ2n) is 3.39. The Morgan fingerprint density at radius 2 is 2.05 bits per heavy atom. The first kappa shape index (κ1) is 14.9. The number of benzene rings is 1. The first-order valence-corrected chi connectivity index (χ1v) is 5.20. The summed E-state index contributed by atoms with van der Waals surface area (Å²) in [6, 6.07) is 3.02. The summed E-state index contributed by atoms with van der Waals surface area (Å²) in [4.78, 5) is 10.7. The lowest BCUT2D eigenvalue weighted by Gasteiger charge is -2.13. The zero-order valence-electron chi connectivity index (χ0n) is 9.90. The molecule has 0 aliphatic rings. The number of allylic oxidation sites excluding steroid dienone is 1. The van der Waals surface area contributed by atoms with Gasteiger partial charge in [0.15, 0.2) is 11.5 Å². The molecule has 19 heavy (non-hydrogen) atoms. The van der Waals surface area contributed by atoms with E-state index in [9.17, 15) is 18.0 Å². The Bertz CT molecular complexity index is 480. The van der Waals surface area contributed by atoms with E-state index in [0.717, 1.165) is 18.2 Å². The maximum atomic E-state index is 12.2. The Morgan fingerprint density at radius 1 is 1.37 bits per heavy atom. The van der Waals surface area contributed by atoms with Crippen molar-refractivity contribution in [2.45, 2.75) is 13.3 Å². The summed E-state index contributed by atoms with van der Waals surface area (Å²) in [5.41, 5.74) is -0.322. The number of rotatable bonds is 5. The number of carbonyl (C=O) groups is 1. The van der Waals surface area contributed by atoms with E-state index in [1.54, 1.807) is 19.1 Å². The third-order valence-corrected chi connectivity index (χ3v) is 1.99. The Kier molecular flexibility index (Phi) is 4.80. The lowest BCUT2D eigenvalue weighted by Crippen LogP contribution is -2.18. The molecule has 0 fully saturated rings. The largest absolute Gasteiger partial charge is 0.573 e. The lowest BCUT2D eigenvalue weighted by atomic mass is 10.2. The van der Waals surface area contributed by atoms with Gasteiger partial charge in [-0.2, -0.15) is 0 Å². The van der Waals surface area contributed by atoms with Crippen molar-refractivity contribution in [3.63, 3.8) is 0 Å². The zero-order valence-corrected chi connectivity index (χ0v) is 9.90. The average Bonchev–Trinajstić information content (AvgIpc) is 2.29. The minimum atomic E-state index is -4.92. The molecule has 0 radical (unpaired) electrons. The van der Waals surface area contributed by atoms with Gasteiger partial charge in [0.1, 0.15) is 6.61 Å². The molecule has 0 bridgehead atoms. The number of hydrogen-bond donors (Lipinski definition) is 1. The van der Waals surface area contributed by atoms with E-state index in [-0.39, 0.29) is 17.9 Å². The lowest BCUT2D eigenvalue weighted by molar-refractivity contribution is -0.275. The quantitative estimate of drug-likeness (QED) is 0.839. The van der Waals surface area contributed by atoms with Crippen LogP contribution in [-0.4, -0.2) is 24.0 Å². The van der Waals surface area contributed by atoms with E-state index >= 15 is 0 Å². The molecule has 0 aliphatic heterocycles. The summed E-state index contributed by atoms with van der Waals surface area (Å²) >= 11 is 0. The van der Waals surface area contributed by atoms with Crippen LogP contribution in [0, 0.1) is 0 Å². The number of halogens is 3. The Labute approximate surface area is 107 Å². The maximum Gasteiger partial charge on any atom is 0.573 e. The average molecular weight is 276 g/mol. The van der Waals surface area contributed by atoms with Crippen LogP contribution in [0.15, 0.2) is 30.4 Å². The summed E-state index contributed by atoms with van der Waals surface area (Å²) < 4.78 is 45.4. The molecule has 0 saturated heterocycles. The highest BCUT2D eigenvalue weighted by Gasteiger charge is 2.32. The van der Waals surface area contributed by atoms with Crippen LogP contribution >= 0.6 is 0 Å². The number of carboxylic acid groups (broad SMARTS) is 1. The van der Waals surface area contributed by atoms with Gasteiger partial charge in [-0.15, -0.1) is 13.2 Å². The van der Waals surface area contributed by atoms with E-state index in [2.05, 4.69) is 4.74 Å². The van der Waals surface area contributed by atoms with Gasteiger partial charge in [-0.1, -0.05) is 12.2 Å². The van der Waals surface area contributed by atoms with Gasteiger partial charge in [0.25, 0.3) is 0 Å². The van der Waals surface area contributed by atoms with Crippen LogP contribution in [0.3, 0.4) is 0 Å². The molecule has 7 heteroatoms. The highest BCUT2D eigenvalue weighted by molar-refractivity contribution is 5.88. The van der Waals surface area contributed by atoms with Crippen LogP contribution in [0.4, 0.5) is 13.2 Å². The van der Waals surface area contributed by atoms with Crippen LogP contribution in [0.5, 0.6) is 11.5 Å². The summed E-state index contributed by atoms with van der Waals surface area (Å²) in [5.74, 6) is -2.22. The highest BCUT2D eigenvalue weighted by Crippen LogP contribution is 2.33. The summed E-state index contributed by atoms with van der Waals surface area (Å²) in [6.07, 6.45) is -1.67. The van der Waals surface area contributed by atoms with Crippen molar-refractivity contribution in [1.82, 2.24) is 0 Å². The number of alkyl halides is 3. The third kappa shape index (κ3) is 4.90. The molecular formula is C12H11F3O4. The summed E-state index contributed by atoms with van der Waals surface area (Å²) in [7, 11) is 0. The van der Waals surface area contributed by atoms with Gasteiger partial charge in [-0.3, -0.25) is 0 Å². The van der Waals surface area contributed by atoms with Crippen LogP contribution in [0.2, 0.25) is 0 Å². The van der Waals surface area contributed by atoms with Gasteiger partial charge < -0.3 is 14.6 Å². The molecule has 1 aromatic rings. The van der Waals surface area contributed by atoms with Crippen LogP contribution < -0.4 is 9.47 Å². The fourth-order valence-electron chi connectivity index (χ4n) is 1.20. The van der Waals surface area contributed by atoms with Crippen molar-refractivity contribution < 1.29 is 32.5 Å². The van der Waals surface area contributed by atoms with Crippen molar-refractivity contribution in [3.05, 3.63) is 35.9 Å². The van der Waals surface area contributed by atoms with E-state index < -0.39 is 18.1 Å². The summed E-state index contributed by atoms with van der Waals surface area (Å²) in [5, 5.41) is 8.72. The molecule has 0 aliphatic carbocycles. The molecule has 0 spiro atoms. The SMILES string of the molecule is C/C=C/COc1ccc(C(=O)O)cc1OC(F)(F)F. The third-order valence-electron chi connectivity index (χ3n) is 1.99. The Morgan fingerprint density at radius 3 is 2.58 bits per heavy atom. The second-order valence-corrected chi connectivity index (χ2v) is 3.39.